The molecule has 0 aliphatic heterocycles. The number of aromatic nitrogens is 1. The minimum Gasteiger partial charge on any atom is -0.349 e. The predicted molar refractivity (Wildman–Crippen MR) is 231 cm³/mol. The molecule has 324 valence electrons. The van der Waals surface area contributed by atoms with Crippen molar-refractivity contribution in [3.05, 3.63) is 77.5 Å². The van der Waals surface area contributed by atoms with Crippen molar-refractivity contribution >= 4 is 78.2 Å². The highest BCUT2D eigenvalue weighted by Gasteiger charge is 2.32. The molecule has 3 aromatic rings. The van der Waals surface area contributed by atoms with E-state index in [-0.39, 0.29) is 61.4 Å². The molecule has 0 aliphatic rings. The van der Waals surface area contributed by atoms with Crippen molar-refractivity contribution < 1.29 is 41.6 Å². The standard InChI is InChI=1S/C39H54F3N9O5S3/c1-51(15-12-46-35(53)28(43)21-57,16-13-47-36(54)29(44)22-58)14-4-7-32(49-37(55)30(45)23-59)38(56)50-33(18-24-8-10-27(11-9-24)39(40,41)42)34(52)19-25-17-26-5-2-3-6-31(26)48-20-25/h2-3,5-6,8-11,17,20,28-30,32-33H,4,7,12-16,18-19,21-23,43-45H2,1H3,(H6-,46,47,49,50,53,54,55,56,57,58,59)/p+1/t28?,29?,30?,32-,33+,51?/m0/s1. The largest absolute Gasteiger partial charge is 0.416 e. The Bertz CT molecular complexity index is 1850. The third-order valence-corrected chi connectivity index (χ3v) is 11.0. The number of hydrogen-bond donors (Lipinski definition) is 10. The van der Waals surface area contributed by atoms with Crippen molar-refractivity contribution in [2.45, 2.75) is 62.1 Å². The second kappa shape index (κ2) is 23.8. The molecule has 0 spiro atoms. The van der Waals surface area contributed by atoms with Crippen LogP contribution in [0.2, 0.25) is 0 Å². The van der Waals surface area contributed by atoms with Gasteiger partial charge in [-0.05, 0) is 54.7 Å². The number of amides is 4. The monoisotopic (exact) mass is 882 g/mol. The van der Waals surface area contributed by atoms with Crippen molar-refractivity contribution in [1.29, 1.82) is 0 Å². The number of carbonyl (C=O) groups is 5. The first-order chi connectivity index (χ1) is 27.9. The molecule has 4 amide bonds. The summed E-state index contributed by atoms with van der Waals surface area (Å²) < 4.78 is 40.3. The zero-order valence-corrected chi connectivity index (χ0v) is 35.5. The molecule has 1 aromatic heterocycles. The molecular formula is C39H55F3N9O5S3+. The first-order valence-corrected chi connectivity index (χ1v) is 20.9. The number of alkyl halides is 3. The number of fused-ring (bicyclic) bond motifs is 1. The van der Waals surface area contributed by atoms with Crippen LogP contribution in [0.3, 0.4) is 0 Å². The van der Waals surface area contributed by atoms with E-state index in [1.165, 1.54) is 12.1 Å². The lowest BCUT2D eigenvalue weighted by molar-refractivity contribution is -0.907. The first-order valence-electron chi connectivity index (χ1n) is 19.0. The molecule has 0 saturated heterocycles. The van der Waals surface area contributed by atoms with Gasteiger partial charge in [0.2, 0.25) is 23.6 Å². The molecule has 3 unspecified atom stereocenters. The summed E-state index contributed by atoms with van der Waals surface area (Å²) in [6.07, 6.45) is -2.89. The zero-order valence-electron chi connectivity index (χ0n) is 32.8. The summed E-state index contributed by atoms with van der Waals surface area (Å²) in [6, 6.07) is 8.39. The summed E-state index contributed by atoms with van der Waals surface area (Å²) in [6.45, 7) is 1.68. The Morgan fingerprint density at radius 3 is 1.83 bits per heavy atom. The van der Waals surface area contributed by atoms with Crippen LogP contribution < -0.4 is 38.5 Å². The molecule has 5 atom stereocenters. The number of pyridine rings is 1. The number of para-hydroxylation sites is 1. The third-order valence-electron chi connectivity index (χ3n) is 9.78. The van der Waals surface area contributed by atoms with Gasteiger partial charge in [0.05, 0.1) is 75.0 Å². The van der Waals surface area contributed by atoms with Crippen LogP contribution in [-0.4, -0.2) is 126 Å². The maximum atomic E-state index is 14.1. The maximum absolute atomic E-state index is 14.1. The number of quaternary nitrogens is 1. The normalized spacial score (nSPS) is 15.2. The average molecular weight is 883 g/mol. The van der Waals surface area contributed by atoms with Gasteiger partial charge in [-0.3, -0.25) is 29.0 Å². The molecule has 1 heterocycles. The fourth-order valence-corrected chi connectivity index (χ4v) is 6.59. The molecule has 0 fully saturated rings. The van der Waals surface area contributed by atoms with E-state index in [2.05, 4.69) is 64.1 Å². The van der Waals surface area contributed by atoms with Crippen LogP contribution in [0.4, 0.5) is 13.2 Å². The topological polar surface area (TPSA) is 224 Å². The van der Waals surface area contributed by atoms with Crippen molar-refractivity contribution in [3.63, 3.8) is 0 Å². The van der Waals surface area contributed by atoms with E-state index < -0.39 is 59.5 Å². The number of nitrogens with zero attached hydrogens (tertiary/aromatic N) is 2. The second-order valence-electron chi connectivity index (χ2n) is 14.6. The second-order valence-corrected chi connectivity index (χ2v) is 15.7. The summed E-state index contributed by atoms with van der Waals surface area (Å²) in [5.74, 6) is -2.27. The smallest absolute Gasteiger partial charge is 0.349 e. The van der Waals surface area contributed by atoms with Crippen LogP contribution in [0.5, 0.6) is 0 Å². The molecule has 20 heteroatoms. The predicted octanol–water partition coefficient (Wildman–Crippen LogP) is 0.808. The van der Waals surface area contributed by atoms with Crippen LogP contribution in [-0.2, 0) is 43.0 Å². The minimum absolute atomic E-state index is 0.0187. The van der Waals surface area contributed by atoms with E-state index >= 15 is 0 Å². The number of thiol groups is 3. The molecule has 2 aromatic carbocycles. The van der Waals surface area contributed by atoms with Gasteiger partial charge >= 0.3 is 6.18 Å². The number of nitrogens with two attached hydrogens (primary N) is 3. The van der Waals surface area contributed by atoms with Crippen LogP contribution in [0.15, 0.2) is 60.8 Å². The Kier molecular flexibility index (Phi) is 19.9. The van der Waals surface area contributed by atoms with Gasteiger partial charge in [-0.1, -0.05) is 30.3 Å². The number of carbonyl (C=O) groups excluding carboxylic acids is 5. The molecule has 0 aliphatic carbocycles. The molecule has 0 bridgehead atoms. The molecular weight excluding hydrogens is 828 g/mol. The van der Waals surface area contributed by atoms with Gasteiger partial charge in [-0.2, -0.15) is 51.1 Å². The lowest BCUT2D eigenvalue weighted by Crippen LogP contribution is -2.56. The summed E-state index contributed by atoms with van der Waals surface area (Å²) in [5, 5.41) is 11.8. The van der Waals surface area contributed by atoms with Crippen LogP contribution in [0, 0.1) is 0 Å². The number of likely N-dealkylation sites (N-methyl/N-ethyl adjacent to an activating group) is 1. The zero-order chi connectivity index (χ0) is 43.8. The van der Waals surface area contributed by atoms with Crippen LogP contribution in [0.1, 0.15) is 29.5 Å². The molecule has 0 radical (unpaired) electrons. The summed E-state index contributed by atoms with van der Waals surface area (Å²) in [5.41, 5.74) is 18.3. The van der Waals surface area contributed by atoms with Crippen molar-refractivity contribution in [2.75, 3.05) is 57.0 Å². The number of Topliss-reactive ketones (excluding diaryl/α,β-unsaturated/α-hetero) is 1. The van der Waals surface area contributed by atoms with E-state index in [0.29, 0.717) is 41.7 Å². The van der Waals surface area contributed by atoms with Crippen molar-refractivity contribution in [1.82, 2.24) is 26.3 Å². The Hall–Kier alpha value is -3.92. The summed E-state index contributed by atoms with van der Waals surface area (Å²) >= 11 is 12.3. The number of ketones is 1. The Morgan fingerprint density at radius 2 is 1.27 bits per heavy atom. The fourth-order valence-electron chi connectivity index (χ4n) is 6.09. The minimum atomic E-state index is -4.57. The first kappa shape index (κ1) is 49.4. The van der Waals surface area contributed by atoms with Crippen molar-refractivity contribution in [2.24, 2.45) is 17.2 Å². The third kappa shape index (κ3) is 16.2. The molecule has 14 nitrogen and oxygen atoms in total. The SMILES string of the molecule is C[N+](CCC[C@H](NC(=O)C(N)CS)C(=O)N[C@H](Cc1ccc(C(F)(F)F)cc1)C(=O)Cc1cnc2ccccc2c1)(CCNC(=O)C(N)CS)CCNC(=O)C(N)CS. The summed E-state index contributed by atoms with van der Waals surface area (Å²) in [7, 11) is 1.90. The Balaban J connectivity index is 1.86. The number of benzene rings is 2. The fraction of sp³-hybridized carbons (Fsp3) is 0.487. The maximum Gasteiger partial charge on any atom is 0.416 e. The quantitative estimate of drug-likeness (QED) is 0.0454. The molecule has 59 heavy (non-hydrogen) atoms. The molecule has 0 saturated carbocycles. The van der Waals surface area contributed by atoms with Gasteiger partial charge in [0, 0.05) is 35.3 Å². The van der Waals surface area contributed by atoms with E-state index in [1.807, 2.05) is 31.3 Å². The average Bonchev–Trinajstić information content (AvgIpc) is 3.21. The van der Waals surface area contributed by atoms with E-state index in [4.69, 9.17) is 17.2 Å². The van der Waals surface area contributed by atoms with Gasteiger partial charge < -0.3 is 43.0 Å². The van der Waals surface area contributed by atoms with E-state index in [1.54, 1.807) is 12.3 Å². The van der Waals surface area contributed by atoms with E-state index in [0.717, 1.165) is 23.0 Å². The summed E-state index contributed by atoms with van der Waals surface area (Å²) in [4.78, 5) is 70.2. The Morgan fingerprint density at radius 1 is 0.729 bits per heavy atom. The van der Waals surface area contributed by atoms with Crippen LogP contribution >= 0.6 is 37.9 Å². The van der Waals surface area contributed by atoms with Gasteiger partial charge in [0.15, 0.2) is 5.78 Å². The number of rotatable bonds is 24. The van der Waals surface area contributed by atoms with Crippen molar-refractivity contribution in [3.8, 4) is 0 Å². The lowest BCUT2D eigenvalue weighted by atomic mass is 9.96. The number of hydrogen-bond acceptors (Lipinski definition) is 12. The number of halogens is 3. The number of nitrogens with one attached hydrogen (secondary N) is 4. The van der Waals surface area contributed by atoms with Gasteiger partial charge in [0.1, 0.15) is 6.04 Å². The van der Waals surface area contributed by atoms with E-state index in [9.17, 15) is 37.1 Å². The highest BCUT2D eigenvalue weighted by Crippen LogP contribution is 2.29. The highest BCUT2D eigenvalue weighted by atomic mass is 32.1. The van der Waals surface area contributed by atoms with Gasteiger partial charge in [0.25, 0.3) is 0 Å². The molecule has 10 N–H and O–H groups in total. The lowest BCUT2D eigenvalue weighted by Gasteiger charge is -2.35. The molecule has 3 rings (SSSR count). The highest BCUT2D eigenvalue weighted by molar-refractivity contribution is 7.80. The van der Waals surface area contributed by atoms with Crippen LogP contribution in [0.25, 0.3) is 10.9 Å². The Labute approximate surface area is 358 Å². The van der Waals surface area contributed by atoms with Gasteiger partial charge in [-0.15, -0.1) is 0 Å². The van der Waals surface area contributed by atoms with Gasteiger partial charge in [-0.25, -0.2) is 0 Å².